The van der Waals surface area contributed by atoms with Crippen molar-refractivity contribution in [2.24, 2.45) is 13.0 Å². The predicted molar refractivity (Wildman–Crippen MR) is 85.5 cm³/mol. The molecule has 0 saturated carbocycles. The van der Waals surface area contributed by atoms with Crippen LogP contribution in [-0.4, -0.2) is 64.1 Å². The zero-order valence-corrected chi connectivity index (χ0v) is 14.0. The number of carbonyl (C=O) groups excluding carboxylic acids is 2. The van der Waals surface area contributed by atoms with Crippen molar-refractivity contribution in [1.29, 1.82) is 0 Å². The molecule has 1 aromatic rings. The number of amides is 2. The SMILES string of the molecule is C[C@@H]1CN(C(=O)[C@H]2CCC(=O)N(C)[C@@H]2c2cnn(C)c2)CCN1. The third kappa shape index (κ3) is 3.10. The summed E-state index contributed by atoms with van der Waals surface area (Å²) in [4.78, 5) is 28.9. The van der Waals surface area contributed by atoms with Gasteiger partial charge >= 0.3 is 0 Å². The highest BCUT2D eigenvalue weighted by molar-refractivity contribution is 5.85. The fourth-order valence-electron chi connectivity index (χ4n) is 3.71. The highest BCUT2D eigenvalue weighted by atomic mass is 16.2. The maximum Gasteiger partial charge on any atom is 0.228 e. The van der Waals surface area contributed by atoms with Crippen LogP contribution in [0.3, 0.4) is 0 Å². The lowest BCUT2D eigenvalue weighted by molar-refractivity contribution is -0.147. The second-order valence-electron chi connectivity index (χ2n) is 6.68. The summed E-state index contributed by atoms with van der Waals surface area (Å²) in [7, 11) is 3.64. The van der Waals surface area contributed by atoms with Crippen LogP contribution in [0.25, 0.3) is 0 Å². The lowest BCUT2D eigenvalue weighted by Gasteiger charge is -2.41. The Labute approximate surface area is 136 Å². The fraction of sp³-hybridized carbons (Fsp3) is 0.688. The lowest BCUT2D eigenvalue weighted by atomic mass is 9.84. The van der Waals surface area contributed by atoms with E-state index in [2.05, 4.69) is 17.3 Å². The number of piperazine rings is 1. The van der Waals surface area contributed by atoms with E-state index in [1.165, 1.54) is 0 Å². The van der Waals surface area contributed by atoms with Crippen LogP contribution in [0, 0.1) is 5.92 Å². The predicted octanol–water partition coefficient (Wildman–Crippen LogP) is 0.150. The maximum absolute atomic E-state index is 13.1. The van der Waals surface area contributed by atoms with Crippen molar-refractivity contribution in [3.8, 4) is 0 Å². The molecule has 3 heterocycles. The molecule has 3 atom stereocenters. The summed E-state index contributed by atoms with van der Waals surface area (Å²) in [6.45, 7) is 4.38. The third-order valence-electron chi connectivity index (χ3n) is 4.92. The molecule has 0 aliphatic carbocycles. The molecule has 2 aliphatic rings. The standard InChI is InChI=1S/C16H25N5O2/c1-11-9-21(7-6-17-11)16(23)13-4-5-14(22)20(3)15(13)12-8-18-19(2)10-12/h8,10-11,13,15,17H,4-7,9H2,1-3H3/t11-,13+,15-/m1/s1. The van der Waals surface area contributed by atoms with E-state index in [0.29, 0.717) is 18.9 Å². The fourth-order valence-corrected chi connectivity index (χ4v) is 3.71. The van der Waals surface area contributed by atoms with Gasteiger partial charge in [-0.15, -0.1) is 0 Å². The summed E-state index contributed by atoms with van der Waals surface area (Å²) in [5.41, 5.74) is 0.935. The minimum atomic E-state index is -0.220. The normalized spacial score (nSPS) is 29.0. The highest BCUT2D eigenvalue weighted by Gasteiger charge is 2.41. The van der Waals surface area contributed by atoms with Crippen molar-refractivity contribution >= 4 is 11.8 Å². The van der Waals surface area contributed by atoms with Crippen LogP contribution in [0.1, 0.15) is 31.4 Å². The van der Waals surface area contributed by atoms with Crippen molar-refractivity contribution in [3.63, 3.8) is 0 Å². The Hall–Kier alpha value is -1.89. The first-order chi connectivity index (χ1) is 11.0. The smallest absolute Gasteiger partial charge is 0.228 e. The van der Waals surface area contributed by atoms with Gasteiger partial charge in [-0.3, -0.25) is 14.3 Å². The number of likely N-dealkylation sites (tertiary alicyclic amines) is 1. The van der Waals surface area contributed by atoms with Gasteiger partial charge in [0.2, 0.25) is 11.8 Å². The number of aromatic nitrogens is 2. The molecule has 0 bridgehead atoms. The van der Waals surface area contributed by atoms with Gasteiger partial charge in [-0.1, -0.05) is 0 Å². The van der Waals surface area contributed by atoms with Crippen LogP contribution in [0.5, 0.6) is 0 Å². The van der Waals surface area contributed by atoms with Crippen molar-refractivity contribution in [1.82, 2.24) is 24.9 Å². The first-order valence-corrected chi connectivity index (χ1v) is 8.23. The zero-order chi connectivity index (χ0) is 16.6. The van der Waals surface area contributed by atoms with Crippen molar-refractivity contribution < 1.29 is 9.59 Å². The lowest BCUT2D eigenvalue weighted by Crippen LogP contribution is -2.55. The quantitative estimate of drug-likeness (QED) is 0.842. The van der Waals surface area contributed by atoms with Crippen LogP contribution in [0.4, 0.5) is 0 Å². The van der Waals surface area contributed by atoms with Crippen LogP contribution in [0.2, 0.25) is 0 Å². The van der Waals surface area contributed by atoms with Gasteiger partial charge in [-0.05, 0) is 13.3 Å². The molecule has 1 aromatic heterocycles. The van der Waals surface area contributed by atoms with Gasteiger partial charge in [0.05, 0.1) is 18.2 Å². The highest BCUT2D eigenvalue weighted by Crippen LogP contribution is 2.36. The number of hydrogen-bond donors (Lipinski definition) is 1. The minimum Gasteiger partial charge on any atom is -0.340 e. The molecule has 0 unspecified atom stereocenters. The average molecular weight is 319 g/mol. The van der Waals surface area contributed by atoms with E-state index >= 15 is 0 Å². The summed E-state index contributed by atoms with van der Waals surface area (Å²) < 4.78 is 1.72. The van der Waals surface area contributed by atoms with E-state index in [1.807, 2.05) is 18.1 Å². The van der Waals surface area contributed by atoms with Crippen LogP contribution in [0.15, 0.2) is 12.4 Å². The monoisotopic (exact) mass is 319 g/mol. The Balaban J connectivity index is 1.85. The van der Waals surface area contributed by atoms with Gasteiger partial charge in [0.15, 0.2) is 0 Å². The van der Waals surface area contributed by atoms with E-state index < -0.39 is 0 Å². The maximum atomic E-state index is 13.1. The first-order valence-electron chi connectivity index (χ1n) is 8.23. The Morgan fingerprint density at radius 3 is 2.83 bits per heavy atom. The Kier molecular flexibility index (Phi) is 4.39. The van der Waals surface area contributed by atoms with E-state index in [4.69, 9.17) is 0 Å². The second kappa shape index (κ2) is 6.31. The number of nitrogens with one attached hydrogen (secondary N) is 1. The first kappa shape index (κ1) is 16.0. The van der Waals surface area contributed by atoms with Crippen LogP contribution < -0.4 is 5.32 Å². The third-order valence-corrected chi connectivity index (χ3v) is 4.92. The number of aryl methyl sites for hydroxylation is 1. The molecular weight excluding hydrogens is 294 g/mol. The Bertz CT molecular complexity index is 599. The molecule has 1 N–H and O–H groups in total. The molecule has 7 heteroatoms. The number of carbonyl (C=O) groups is 2. The summed E-state index contributed by atoms with van der Waals surface area (Å²) in [5.74, 6) is 0.0651. The molecule has 0 spiro atoms. The van der Waals surface area contributed by atoms with Crippen LogP contribution in [-0.2, 0) is 16.6 Å². The molecule has 2 amide bonds. The van der Waals surface area contributed by atoms with Gasteiger partial charge in [-0.2, -0.15) is 5.10 Å². The van der Waals surface area contributed by atoms with Crippen molar-refractivity contribution in [3.05, 3.63) is 18.0 Å². The van der Waals surface area contributed by atoms with E-state index in [0.717, 1.165) is 25.2 Å². The molecule has 126 valence electrons. The number of piperidine rings is 1. The Morgan fingerprint density at radius 1 is 1.39 bits per heavy atom. The van der Waals surface area contributed by atoms with E-state index in [1.54, 1.807) is 22.8 Å². The zero-order valence-electron chi connectivity index (χ0n) is 14.0. The summed E-state index contributed by atoms with van der Waals surface area (Å²) in [6.07, 6.45) is 4.71. The van der Waals surface area contributed by atoms with Crippen molar-refractivity contribution in [2.45, 2.75) is 31.8 Å². The number of hydrogen-bond acceptors (Lipinski definition) is 4. The summed E-state index contributed by atoms with van der Waals surface area (Å²) in [5, 5.41) is 7.57. The second-order valence-corrected chi connectivity index (χ2v) is 6.68. The largest absolute Gasteiger partial charge is 0.340 e. The average Bonchev–Trinajstić information content (AvgIpc) is 2.95. The molecule has 3 rings (SSSR count). The molecule has 0 aromatic carbocycles. The van der Waals surface area contributed by atoms with Crippen LogP contribution >= 0.6 is 0 Å². The van der Waals surface area contributed by atoms with Crippen molar-refractivity contribution in [2.75, 3.05) is 26.7 Å². The molecule has 2 fully saturated rings. The molecular formula is C16H25N5O2. The minimum absolute atomic E-state index is 0.0941. The van der Waals surface area contributed by atoms with Gasteiger partial charge in [-0.25, -0.2) is 0 Å². The van der Waals surface area contributed by atoms with E-state index in [9.17, 15) is 9.59 Å². The molecule has 2 saturated heterocycles. The molecule has 23 heavy (non-hydrogen) atoms. The summed E-state index contributed by atoms with van der Waals surface area (Å²) in [6, 6.07) is 0.0927. The molecule has 2 aliphatic heterocycles. The topological polar surface area (TPSA) is 70.5 Å². The van der Waals surface area contributed by atoms with E-state index in [-0.39, 0.29) is 23.8 Å². The van der Waals surface area contributed by atoms with Gasteiger partial charge < -0.3 is 15.1 Å². The van der Waals surface area contributed by atoms with Gasteiger partial charge in [0.25, 0.3) is 0 Å². The molecule has 0 radical (unpaired) electrons. The summed E-state index contributed by atoms with van der Waals surface area (Å²) >= 11 is 0. The van der Waals surface area contributed by atoms with Gasteiger partial charge in [0, 0.05) is 58.0 Å². The Morgan fingerprint density at radius 2 is 2.17 bits per heavy atom. The number of nitrogens with zero attached hydrogens (tertiary/aromatic N) is 4. The van der Waals surface area contributed by atoms with Gasteiger partial charge in [0.1, 0.15) is 0 Å². The number of rotatable bonds is 2. The molecule has 7 nitrogen and oxygen atoms in total.